The topological polar surface area (TPSA) is 49.7 Å². The van der Waals surface area contributed by atoms with Gasteiger partial charge in [-0.15, -0.1) is 0 Å². The Bertz CT molecular complexity index is 487. The van der Waals surface area contributed by atoms with Gasteiger partial charge >= 0.3 is 0 Å². The molecule has 1 aliphatic rings. The molecule has 0 unspecified atom stereocenters. The number of likely N-dealkylation sites (tertiary alicyclic amines) is 1. The second kappa shape index (κ2) is 4.94. The molecule has 2 aromatic rings. The van der Waals surface area contributed by atoms with Gasteiger partial charge in [0.2, 0.25) is 0 Å². The molecule has 5 heteroatoms. The van der Waals surface area contributed by atoms with Crippen molar-refractivity contribution in [2.75, 3.05) is 6.54 Å². The first-order valence-corrected chi connectivity index (χ1v) is 6.54. The molecule has 0 bridgehead atoms. The van der Waals surface area contributed by atoms with Gasteiger partial charge in [-0.2, -0.15) is 5.10 Å². The maximum absolute atomic E-state index is 4.42. The number of rotatable bonds is 3. The van der Waals surface area contributed by atoms with Crippen molar-refractivity contribution < 1.29 is 0 Å². The van der Waals surface area contributed by atoms with Gasteiger partial charge in [0.25, 0.3) is 0 Å². The van der Waals surface area contributed by atoms with Crippen molar-refractivity contribution in [2.24, 2.45) is 7.05 Å². The predicted octanol–water partition coefficient (Wildman–Crippen LogP) is 1.87. The lowest BCUT2D eigenvalue weighted by molar-refractivity contribution is 0.132. The Labute approximate surface area is 107 Å². The highest BCUT2D eigenvalue weighted by Crippen LogP contribution is 2.30. The van der Waals surface area contributed by atoms with Crippen LogP contribution in [-0.2, 0) is 13.6 Å². The van der Waals surface area contributed by atoms with E-state index in [1.165, 1.54) is 25.0 Å². The quantitative estimate of drug-likeness (QED) is 0.898. The van der Waals surface area contributed by atoms with Crippen molar-refractivity contribution in [3.63, 3.8) is 0 Å². The summed E-state index contributed by atoms with van der Waals surface area (Å²) in [7, 11) is 2.05. The summed E-state index contributed by atoms with van der Waals surface area (Å²) in [5.41, 5.74) is 1.23. The molecule has 1 N–H and O–H groups in total. The number of imidazole rings is 1. The molecule has 0 radical (unpaired) electrons. The van der Waals surface area contributed by atoms with Crippen LogP contribution in [0.25, 0.3) is 0 Å². The number of hydrogen-bond donors (Lipinski definition) is 1. The van der Waals surface area contributed by atoms with Gasteiger partial charge in [-0.05, 0) is 25.5 Å². The Balaban J connectivity index is 1.78. The van der Waals surface area contributed by atoms with Gasteiger partial charge in [0.05, 0.1) is 18.3 Å². The summed E-state index contributed by atoms with van der Waals surface area (Å²) in [6.07, 6.45) is 9.47. The molecule has 18 heavy (non-hydrogen) atoms. The molecule has 1 atom stereocenters. The SMILES string of the molecule is Cn1ccnc1CN1CCCC[C@@H]1c1ccn[nH]1. The van der Waals surface area contributed by atoms with Crippen molar-refractivity contribution in [1.82, 2.24) is 24.6 Å². The first-order valence-electron chi connectivity index (χ1n) is 6.54. The minimum atomic E-state index is 0.456. The third kappa shape index (κ3) is 2.18. The van der Waals surface area contributed by atoms with Gasteiger partial charge in [-0.1, -0.05) is 6.42 Å². The fourth-order valence-corrected chi connectivity index (χ4v) is 2.72. The summed E-state index contributed by atoms with van der Waals surface area (Å²) in [5.74, 6) is 1.13. The van der Waals surface area contributed by atoms with Crippen LogP contribution in [0.15, 0.2) is 24.7 Å². The lowest BCUT2D eigenvalue weighted by Crippen LogP contribution is -2.34. The molecule has 0 spiro atoms. The van der Waals surface area contributed by atoms with E-state index in [1.807, 2.05) is 18.6 Å². The molecule has 1 fully saturated rings. The molecule has 1 aliphatic heterocycles. The molecule has 5 nitrogen and oxygen atoms in total. The van der Waals surface area contributed by atoms with Gasteiger partial charge in [0, 0.05) is 25.6 Å². The van der Waals surface area contributed by atoms with Crippen LogP contribution < -0.4 is 0 Å². The van der Waals surface area contributed by atoms with Crippen molar-refractivity contribution in [3.8, 4) is 0 Å². The van der Waals surface area contributed by atoms with Crippen LogP contribution in [0.1, 0.15) is 36.8 Å². The van der Waals surface area contributed by atoms with Gasteiger partial charge in [-0.3, -0.25) is 10.00 Å². The second-order valence-electron chi connectivity index (χ2n) is 4.95. The summed E-state index contributed by atoms with van der Waals surface area (Å²) < 4.78 is 2.10. The maximum atomic E-state index is 4.42. The van der Waals surface area contributed by atoms with Crippen LogP contribution in [0.5, 0.6) is 0 Å². The van der Waals surface area contributed by atoms with Crippen molar-refractivity contribution in [3.05, 3.63) is 36.2 Å². The van der Waals surface area contributed by atoms with E-state index < -0.39 is 0 Å². The van der Waals surface area contributed by atoms with E-state index in [0.29, 0.717) is 6.04 Å². The molecule has 1 saturated heterocycles. The number of H-pyrrole nitrogens is 1. The summed E-state index contributed by atoms with van der Waals surface area (Å²) in [6.45, 7) is 2.05. The highest BCUT2D eigenvalue weighted by molar-refractivity contribution is 5.07. The second-order valence-corrected chi connectivity index (χ2v) is 4.95. The number of nitrogens with zero attached hydrogens (tertiary/aromatic N) is 4. The van der Waals surface area contributed by atoms with Gasteiger partial charge in [0.1, 0.15) is 5.82 Å². The largest absolute Gasteiger partial charge is 0.337 e. The third-order valence-corrected chi connectivity index (χ3v) is 3.76. The summed E-state index contributed by atoms with van der Waals surface area (Å²) in [4.78, 5) is 6.92. The zero-order valence-corrected chi connectivity index (χ0v) is 10.7. The van der Waals surface area contributed by atoms with E-state index in [2.05, 4.69) is 37.8 Å². The molecule has 2 aromatic heterocycles. The van der Waals surface area contributed by atoms with Crippen LogP contribution in [0.3, 0.4) is 0 Å². The summed E-state index contributed by atoms with van der Waals surface area (Å²) >= 11 is 0. The zero-order valence-electron chi connectivity index (χ0n) is 10.7. The maximum Gasteiger partial charge on any atom is 0.122 e. The minimum Gasteiger partial charge on any atom is -0.337 e. The molecule has 0 amide bonds. The van der Waals surface area contributed by atoms with E-state index in [1.54, 1.807) is 0 Å². The van der Waals surface area contributed by atoms with Crippen molar-refractivity contribution in [2.45, 2.75) is 31.8 Å². The number of aromatic nitrogens is 4. The lowest BCUT2D eigenvalue weighted by atomic mass is 9.99. The first-order chi connectivity index (χ1) is 8.84. The lowest BCUT2D eigenvalue weighted by Gasteiger charge is -2.34. The standard InChI is InChI=1S/C13H19N5/c1-17-9-7-14-13(17)10-18-8-3-2-4-12(18)11-5-6-15-16-11/h5-7,9,12H,2-4,8,10H2,1H3,(H,15,16)/t12-/m1/s1. The Morgan fingerprint density at radius 3 is 3.06 bits per heavy atom. The number of nitrogens with one attached hydrogen (secondary N) is 1. The zero-order chi connectivity index (χ0) is 12.4. The Morgan fingerprint density at radius 2 is 2.33 bits per heavy atom. The third-order valence-electron chi connectivity index (χ3n) is 3.76. The van der Waals surface area contributed by atoms with Crippen molar-refractivity contribution >= 4 is 0 Å². The van der Waals surface area contributed by atoms with E-state index in [9.17, 15) is 0 Å². The molecule has 0 saturated carbocycles. The molecule has 3 heterocycles. The molecule has 96 valence electrons. The van der Waals surface area contributed by atoms with Crippen LogP contribution in [-0.4, -0.2) is 31.2 Å². The Kier molecular flexibility index (Phi) is 3.15. The highest BCUT2D eigenvalue weighted by atomic mass is 15.2. The Hall–Kier alpha value is -1.62. The van der Waals surface area contributed by atoms with E-state index in [4.69, 9.17) is 0 Å². The van der Waals surface area contributed by atoms with Crippen molar-refractivity contribution in [1.29, 1.82) is 0 Å². The normalized spacial score (nSPS) is 21.3. The molecular formula is C13H19N5. The van der Waals surface area contributed by atoms with Crippen LogP contribution in [0.4, 0.5) is 0 Å². The van der Waals surface area contributed by atoms with Gasteiger partial charge in [0.15, 0.2) is 0 Å². The molecule has 0 aliphatic carbocycles. The van der Waals surface area contributed by atoms with E-state index in [-0.39, 0.29) is 0 Å². The summed E-state index contributed by atoms with van der Waals surface area (Å²) in [5, 5.41) is 7.19. The smallest absolute Gasteiger partial charge is 0.122 e. The molecule has 0 aromatic carbocycles. The number of piperidine rings is 1. The Morgan fingerprint density at radius 1 is 1.39 bits per heavy atom. The van der Waals surface area contributed by atoms with E-state index >= 15 is 0 Å². The molecule has 3 rings (SSSR count). The summed E-state index contributed by atoms with van der Waals surface area (Å²) in [6, 6.07) is 2.54. The fraction of sp³-hybridized carbons (Fsp3) is 0.538. The van der Waals surface area contributed by atoms with Crippen LogP contribution in [0, 0.1) is 0 Å². The minimum absolute atomic E-state index is 0.456. The number of aryl methyl sites for hydroxylation is 1. The van der Waals surface area contributed by atoms with Crippen LogP contribution in [0.2, 0.25) is 0 Å². The molecular weight excluding hydrogens is 226 g/mol. The number of hydrogen-bond acceptors (Lipinski definition) is 3. The highest BCUT2D eigenvalue weighted by Gasteiger charge is 2.25. The van der Waals surface area contributed by atoms with Crippen LogP contribution >= 0.6 is 0 Å². The average molecular weight is 245 g/mol. The fourth-order valence-electron chi connectivity index (χ4n) is 2.72. The monoisotopic (exact) mass is 245 g/mol. The van der Waals surface area contributed by atoms with Gasteiger partial charge in [-0.25, -0.2) is 4.98 Å². The number of aromatic amines is 1. The van der Waals surface area contributed by atoms with E-state index in [0.717, 1.165) is 18.9 Å². The average Bonchev–Trinajstić information content (AvgIpc) is 3.03. The first kappa shape index (κ1) is 11.5. The van der Waals surface area contributed by atoms with Gasteiger partial charge < -0.3 is 4.57 Å². The predicted molar refractivity (Wildman–Crippen MR) is 68.8 cm³/mol.